The van der Waals surface area contributed by atoms with Crippen molar-refractivity contribution < 1.29 is 0 Å². The number of aromatic nitrogens is 4. The first-order chi connectivity index (χ1) is 9.06. The molecule has 0 spiro atoms. The Balaban J connectivity index is 2.25. The Kier molecular flexibility index (Phi) is 4.42. The number of hydrogen-bond donors (Lipinski definition) is 1. The maximum atomic E-state index is 6.25. The molecule has 0 aliphatic carbocycles. The zero-order valence-corrected chi connectivity index (χ0v) is 13.2. The summed E-state index contributed by atoms with van der Waals surface area (Å²) in [6.45, 7) is 5.05. The predicted octanol–water partition coefficient (Wildman–Crippen LogP) is 2.20. The van der Waals surface area contributed by atoms with Gasteiger partial charge in [-0.2, -0.15) is 10.2 Å². The van der Waals surface area contributed by atoms with Crippen molar-refractivity contribution in [2.24, 2.45) is 12.8 Å². The van der Waals surface area contributed by atoms with E-state index in [-0.39, 0.29) is 6.04 Å². The van der Waals surface area contributed by atoms with Crippen molar-refractivity contribution in [3.8, 4) is 0 Å². The van der Waals surface area contributed by atoms with E-state index >= 15 is 0 Å². The van der Waals surface area contributed by atoms with Crippen molar-refractivity contribution >= 4 is 15.9 Å². The van der Waals surface area contributed by atoms with Gasteiger partial charge in [-0.05, 0) is 35.3 Å². The van der Waals surface area contributed by atoms with E-state index in [0.29, 0.717) is 0 Å². The molecule has 0 aliphatic rings. The van der Waals surface area contributed by atoms with E-state index in [0.717, 1.165) is 40.9 Å². The summed E-state index contributed by atoms with van der Waals surface area (Å²) in [6.07, 6.45) is 3.57. The van der Waals surface area contributed by atoms with Crippen LogP contribution < -0.4 is 5.73 Å². The van der Waals surface area contributed by atoms with Gasteiger partial charge in [-0.1, -0.05) is 6.92 Å². The molecule has 0 bridgehead atoms. The summed E-state index contributed by atoms with van der Waals surface area (Å²) < 4.78 is 4.88. The van der Waals surface area contributed by atoms with Crippen LogP contribution in [-0.4, -0.2) is 19.6 Å². The molecule has 5 nitrogen and oxygen atoms in total. The number of nitrogens with zero attached hydrogens (tertiary/aromatic N) is 4. The number of rotatable bonds is 5. The molecular formula is C13H20BrN5. The van der Waals surface area contributed by atoms with Crippen LogP contribution in [0.4, 0.5) is 0 Å². The lowest BCUT2D eigenvalue weighted by molar-refractivity contribution is 0.574. The van der Waals surface area contributed by atoms with Crippen LogP contribution in [0.2, 0.25) is 0 Å². The van der Waals surface area contributed by atoms with Crippen LogP contribution in [0.3, 0.4) is 0 Å². The monoisotopic (exact) mass is 325 g/mol. The van der Waals surface area contributed by atoms with Crippen LogP contribution in [0.15, 0.2) is 16.7 Å². The zero-order valence-electron chi connectivity index (χ0n) is 11.6. The smallest absolute Gasteiger partial charge is 0.0795 e. The fourth-order valence-corrected chi connectivity index (χ4v) is 2.88. The number of aryl methyl sites for hydroxylation is 3. The molecular weight excluding hydrogens is 306 g/mol. The standard InChI is InChI=1S/C13H20BrN5/c1-4-10-13(14)12(19(5-2)17-10)8-9(15)11-6-7-18(3)16-11/h6-7,9H,4-5,8,15H2,1-3H3. The molecule has 2 N–H and O–H groups in total. The Bertz CT molecular complexity index is 557. The maximum Gasteiger partial charge on any atom is 0.0795 e. The molecule has 0 aliphatic heterocycles. The minimum absolute atomic E-state index is 0.107. The quantitative estimate of drug-likeness (QED) is 0.916. The van der Waals surface area contributed by atoms with E-state index in [9.17, 15) is 0 Å². The second-order valence-corrected chi connectivity index (χ2v) is 5.39. The van der Waals surface area contributed by atoms with Gasteiger partial charge < -0.3 is 5.73 Å². The molecule has 0 saturated heterocycles. The normalized spacial score (nSPS) is 12.9. The zero-order chi connectivity index (χ0) is 14.0. The van der Waals surface area contributed by atoms with Crippen molar-refractivity contribution in [2.75, 3.05) is 0 Å². The molecule has 19 heavy (non-hydrogen) atoms. The highest BCUT2D eigenvalue weighted by Gasteiger charge is 2.18. The first-order valence-corrected chi connectivity index (χ1v) is 7.35. The lowest BCUT2D eigenvalue weighted by atomic mass is 10.1. The van der Waals surface area contributed by atoms with E-state index in [2.05, 4.69) is 40.0 Å². The largest absolute Gasteiger partial charge is 0.322 e. The van der Waals surface area contributed by atoms with Crippen LogP contribution in [-0.2, 0) is 26.4 Å². The molecule has 2 heterocycles. The molecule has 0 aromatic carbocycles. The van der Waals surface area contributed by atoms with Crippen molar-refractivity contribution in [3.05, 3.63) is 33.8 Å². The van der Waals surface area contributed by atoms with Gasteiger partial charge in [0.05, 0.1) is 27.6 Å². The number of halogens is 1. The summed E-state index contributed by atoms with van der Waals surface area (Å²) in [5, 5.41) is 8.95. The summed E-state index contributed by atoms with van der Waals surface area (Å²) in [7, 11) is 1.90. The van der Waals surface area contributed by atoms with E-state index < -0.39 is 0 Å². The lowest BCUT2D eigenvalue weighted by Gasteiger charge is -2.11. The summed E-state index contributed by atoms with van der Waals surface area (Å²) in [4.78, 5) is 0. The van der Waals surface area contributed by atoms with Gasteiger partial charge in [-0.25, -0.2) is 0 Å². The van der Waals surface area contributed by atoms with Gasteiger partial charge in [-0.3, -0.25) is 9.36 Å². The Labute approximate surface area is 121 Å². The molecule has 0 saturated carbocycles. The van der Waals surface area contributed by atoms with E-state index in [1.54, 1.807) is 4.68 Å². The SMILES string of the molecule is CCc1nn(CC)c(CC(N)c2ccn(C)n2)c1Br. The molecule has 104 valence electrons. The highest BCUT2D eigenvalue weighted by molar-refractivity contribution is 9.10. The topological polar surface area (TPSA) is 61.7 Å². The second-order valence-electron chi connectivity index (χ2n) is 4.60. The number of hydrogen-bond acceptors (Lipinski definition) is 3. The van der Waals surface area contributed by atoms with Crippen LogP contribution in [0.25, 0.3) is 0 Å². The Hall–Kier alpha value is -1.14. The highest BCUT2D eigenvalue weighted by Crippen LogP contribution is 2.26. The Morgan fingerprint density at radius 3 is 2.63 bits per heavy atom. The Morgan fingerprint density at radius 2 is 2.11 bits per heavy atom. The molecule has 2 aromatic heterocycles. The van der Waals surface area contributed by atoms with E-state index in [4.69, 9.17) is 5.73 Å². The van der Waals surface area contributed by atoms with Gasteiger partial charge in [0.25, 0.3) is 0 Å². The molecule has 1 atom stereocenters. The maximum absolute atomic E-state index is 6.25. The van der Waals surface area contributed by atoms with Crippen molar-refractivity contribution in [1.29, 1.82) is 0 Å². The molecule has 0 amide bonds. The van der Waals surface area contributed by atoms with Gasteiger partial charge in [-0.15, -0.1) is 0 Å². The van der Waals surface area contributed by atoms with Crippen molar-refractivity contribution in [2.45, 2.75) is 39.3 Å². The third-order valence-corrected chi connectivity index (χ3v) is 4.14. The molecule has 2 rings (SSSR count). The highest BCUT2D eigenvalue weighted by atomic mass is 79.9. The lowest BCUT2D eigenvalue weighted by Crippen LogP contribution is -2.17. The van der Waals surface area contributed by atoms with Crippen LogP contribution in [0, 0.1) is 0 Å². The molecule has 2 aromatic rings. The van der Waals surface area contributed by atoms with E-state index in [1.165, 1.54) is 0 Å². The molecule has 6 heteroatoms. The van der Waals surface area contributed by atoms with Gasteiger partial charge >= 0.3 is 0 Å². The second kappa shape index (κ2) is 5.88. The minimum Gasteiger partial charge on any atom is -0.322 e. The summed E-state index contributed by atoms with van der Waals surface area (Å²) >= 11 is 3.64. The van der Waals surface area contributed by atoms with Crippen molar-refractivity contribution in [1.82, 2.24) is 19.6 Å². The fraction of sp³-hybridized carbons (Fsp3) is 0.538. The average molecular weight is 326 g/mol. The third-order valence-electron chi connectivity index (χ3n) is 3.22. The molecule has 1 unspecified atom stereocenters. The first-order valence-electron chi connectivity index (χ1n) is 6.56. The summed E-state index contributed by atoms with van der Waals surface area (Å²) in [6, 6.07) is 1.86. The first kappa shape index (κ1) is 14.3. The predicted molar refractivity (Wildman–Crippen MR) is 78.8 cm³/mol. The third kappa shape index (κ3) is 2.90. The summed E-state index contributed by atoms with van der Waals surface area (Å²) in [5.74, 6) is 0. The van der Waals surface area contributed by atoms with Gasteiger partial charge in [0.2, 0.25) is 0 Å². The van der Waals surface area contributed by atoms with Gasteiger partial charge in [0.15, 0.2) is 0 Å². The van der Waals surface area contributed by atoms with E-state index in [1.807, 2.05) is 24.0 Å². The van der Waals surface area contributed by atoms with Gasteiger partial charge in [0, 0.05) is 26.2 Å². The Morgan fingerprint density at radius 1 is 1.37 bits per heavy atom. The number of nitrogens with two attached hydrogens (primary N) is 1. The molecule has 0 radical (unpaired) electrons. The van der Waals surface area contributed by atoms with Crippen LogP contribution in [0.1, 0.15) is 37.0 Å². The van der Waals surface area contributed by atoms with Gasteiger partial charge in [0.1, 0.15) is 0 Å². The molecule has 0 fully saturated rings. The summed E-state index contributed by atoms with van der Waals surface area (Å²) in [5.41, 5.74) is 9.40. The van der Waals surface area contributed by atoms with Crippen molar-refractivity contribution in [3.63, 3.8) is 0 Å². The van der Waals surface area contributed by atoms with Crippen LogP contribution in [0.5, 0.6) is 0 Å². The fourth-order valence-electron chi connectivity index (χ4n) is 2.16. The van der Waals surface area contributed by atoms with Crippen LogP contribution >= 0.6 is 15.9 Å². The minimum atomic E-state index is -0.107. The average Bonchev–Trinajstić information content (AvgIpc) is 2.95.